The average Bonchev–Trinajstić information content (AvgIpc) is 2.60. The van der Waals surface area contributed by atoms with E-state index in [0.29, 0.717) is 11.5 Å². The highest BCUT2D eigenvalue weighted by atomic mass is 16.5. The zero-order valence-electron chi connectivity index (χ0n) is 13.7. The van der Waals surface area contributed by atoms with Gasteiger partial charge >= 0.3 is 0 Å². The lowest BCUT2D eigenvalue weighted by atomic mass is 10.2. The summed E-state index contributed by atoms with van der Waals surface area (Å²) in [6.07, 6.45) is 3.92. The molecule has 0 aromatic heterocycles. The molecule has 0 spiro atoms. The van der Waals surface area contributed by atoms with Crippen LogP contribution in [0.1, 0.15) is 12.5 Å². The van der Waals surface area contributed by atoms with Gasteiger partial charge in [-0.15, -0.1) is 0 Å². The molecule has 0 aliphatic rings. The van der Waals surface area contributed by atoms with Gasteiger partial charge in [-0.05, 0) is 36.8 Å². The van der Waals surface area contributed by atoms with E-state index in [9.17, 15) is 4.79 Å². The third-order valence-electron chi connectivity index (χ3n) is 3.42. The highest BCUT2D eigenvalue weighted by Crippen LogP contribution is 2.28. The zero-order valence-corrected chi connectivity index (χ0v) is 13.7. The van der Waals surface area contributed by atoms with Crippen LogP contribution in [0.2, 0.25) is 0 Å². The van der Waals surface area contributed by atoms with Crippen molar-refractivity contribution in [1.29, 1.82) is 0 Å². The van der Waals surface area contributed by atoms with Gasteiger partial charge in [-0.25, -0.2) is 0 Å². The molecule has 2 rings (SSSR count). The summed E-state index contributed by atoms with van der Waals surface area (Å²) in [6.45, 7) is 1.90. The first-order valence-electron chi connectivity index (χ1n) is 7.41. The number of hydrogen-bond acceptors (Lipinski definition) is 3. The average molecular weight is 311 g/mol. The molecule has 0 saturated heterocycles. The summed E-state index contributed by atoms with van der Waals surface area (Å²) in [4.78, 5) is 13.8. The molecule has 0 aliphatic heterocycles. The molecule has 4 nitrogen and oxygen atoms in total. The van der Waals surface area contributed by atoms with Crippen molar-refractivity contribution in [2.75, 3.05) is 25.7 Å². The number of hydrogen-bond donors (Lipinski definition) is 0. The Morgan fingerprint density at radius 2 is 1.87 bits per heavy atom. The second-order valence-corrected chi connectivity index (χ2v) is 4.99. The Kier molecular flexibility index (Phi) is 5.80. The number of carbonyl (C=O) groups is 1. The Morgan fingerprint density at radius 3 is 2.52 bits per heavy atom. The van der Waals surface area contributed by atoms with Crippen LogP contribution >= 0.6 is 0 Å². The first-order chi connectivity index (χ1) is 11.2. The van der Waals surface area contributed by atoms with E-state index >= 15 is 0 Å². The zero-order chi connectivity index (χ0) is 16.7. The molecule has 4 heteroatoms. The van der Waals surface area contributed by atoms with E-state index in [2.05, 4.69) is 0 Å². The van der Waals surface area contributed by atoms with E-state index < -0.39 is 0 Å². The van der Waals surface area contributed by atoms with Crippen molar-refractivity contribution in [1.82, 2.24) is 0 Å². The molecule has 0 saturated carbocycles. The van der Waals surface area contributed by atoms with Crippen LogP contribution in [0.3, 0.4) is 0 Å². The van der Waals surface area contributed by atoms with Crippen molar-refractivity contribution in [3.8, 4) is 11.5 Å². The monoisotopic (exact) mass is 311 g/mol. The summed E-state index contributed by atoms with van der Waals surface area (Å²) in [6, 6.07) is 15.1. The molecule has 0 heterocycles. The highest BCUT2D eigenvalue weighted by molar-refractivity contribution is 5.93. The first-order valence-corrected chi connectivity index (χ1v) is 7.41. The van der Waals surface area contributed by atoms with Crippen molar-refractivity contribution in [3.05, 3.63) is 60.2 Å². The molecule has 23 heavy (non-hydrogen) atoms. The van der Waals surface area contributed by atoms with Gasteiger partial charge in [0, 0.05) is 12.7 Å². The summed E-state index contributed by atoms with van der Waals surface area (Å²) < 4.78 is 11.0. The molecule has 0 atom stereocenters. The van der Waals surface area contributed by atoms with Gasteiger partial charge in [0.15, 0.2) is 18.1 Å². The van der Waals surface area contributed by atoms with Crippen LogP contribution < -0.4 is 14.4 Å². The minimum atomic E-state index is -0.129. The van der Waals surface area contributed by atoms with Crippen LogP contribution in [0.4, 0.5) is 5.69 Å². The molecular formula is C19H21NO3. The quantitative estimate of drug-likeness (QED) is 0.815. The molecule has 120 valence electrons. The summed E-state index contributed by atoms with van der Waals surface area (Å²) in [5.41, 5.74) is 1.85. The van der Waals surface area contributed by atoms with E-state index in [-0.39, 0.29) is 12.5 Å². The van der Waals surface area contributed by atoms with Crippen molar-refractivity contribution in [3.63, 3.8) is 0 Å². The standard InChI is InChI=1S/C19H21NO3/c1-4-8-15-11-12-17(18(13-15)22-3)23-14-19(21)20(2)16-9-6-5-7-10-16/h4-13H,14H2,1-3H3/b8-4-. The van der Waals surface area contributed by atoms with Gasteiger partial charge in [0.05, 0.1) is 7.11 Å². The van der Waals surface area contributed by atoms with Gasteiger partial charge in [0.2, 0.25) is 0 Å². The number of anilines is 1. The molecule has 0 aliphatic carbocycles. The van der Waals surface area contributed by atoms with Crippen molar-refractivity contribution >= 4 is 17.7 Å². The number of likely N-dealkylation sites (N-methyl/N-ethyl adjacent to an activating group) is 1. The fraction of sp³-hybridized carbons (Fsp3) is 0.211. The molecule has 0 unspecified atom stereocenters. The Balaban J connectivity index is 2.04. The summed E-state index contributed by atoms with van der Waals surface area (Å²) in [5.74, 6) is 1.03. The summed E-state index contributed by atoms with van der Waals surface area (Å²) in [5, 5.41) is 0. The normalized spacial score (nSPS) is 10.6. The molecule has 0 fully saturated rings. The van der Waals surface area contributed by atoms with E-state index in [1.54, 1.807) is 19.1 Å². The predicted octanol–water partition coefficient (Wildman–Crippen LogP) is 3.77. The Bertz CT molecular complexity index is 680. The van der Waals surface area contributed by atoms with Crippen LogP contribution in [0, 0.1) is 0 Å². The van der Waals surface area contributed by atoms with Crippen LogP contribution in [-0.2, 0) is 4.79 Å². The first kappa shape index (κ1) is 16.6. The van der Waals surface area contributed by atoms with Crippen molar-refractivity contribution < 1.29 is 14.3 Å². The minimum absolute atomic E-state index is 0.0509. The molecule has 0 bridgehead atoms. The highest BCUT2D eigenvalue weighted by Gasteiger charge is 2.13. The number of methoxy groups -OCH3 is 1. The van der Waals surface area contributed by atoms with E-state index in [1.165, 1.54) is 0 Å². The Labute approximate surface area is 137 Å². The lowest BCUT2D eigenvalue weighted by molar-refractivity contribution is -0.120. The summed E-state index contributed by atoms with van der Waals surface area (Å²) in [7, 11) is 3.31. The number of carbonyl (C=O) groups excluding carboxylic acids is 1. The smallest absolute Gasteiger partial charge is 0.264 e. The van der Waals surface area contributed by atoms with Crippen LogP contribution in [0.25, 0.3) is 6.08 Å². The SMILES string of the molecule is C/C=C\c1ccc(OCC(=O)N(C)c2ccccc2)c(OC)c1. The van der Waals surface area contributed by atoms with Gasteiger partial charge in [-0.1, -0.05) is 36.4 Å². The van der Waals surface area contributed by atoms with Gasteiger partial charge in [-0.3, -0.25) is 4.79 Å². The maximum Gasteiger partial charge on any atom is 0.264 e. The van der Waals surface area contributed by atoms with Crippen LogP contribution in [0.5, 0.6) is 11.5 Å². The topological polar surface area (TPSA) is 38.8 Å². The fourth-order valence-electron chi connectivity index (χ4n) is 2.13. The fourth-order valence-corrected chi connectivity index (χ4v) is 2.13. The maximum atomic E-state index is 12.2. The molecule has 1 amide bonds. The number of para-hydroxylation sites is 1. The Hall–Kier alpha value is -2.75. The number of benzene rings is 2. The second-order valence-electron chi connectivity index (χ2n) is 4.99. The number of nitrogens with zero attached hydrogens (tertiary/aromatic N) is 1. The molecule has 2 aromatic carbocycles. The minimum Gasteiger partial charge on any atom is -0.493 e. The predicted molar refractivity (Wildman–Crippen MR) is 93.0 cm³/mol. The third-order valence-corrected chi connectivity index (χ3v) is 3.42. The number of allylic oxidation sites excluding steroid dienone is 1. The largest absolute Gasteiger partial charge is 0.493 e. The van der Waals surface area contributed by atoms with Gasteiger partial charge in [0.1, 0.15) is 0 Å². The molecule has 2 aromatic rings. The molecule has 0 N–H and O–H groups in total. The summed E-state index contributed by atoms with van der Waals surface area (Å²) >= 11 is 0. The van der Waals surface area contributed by atoms with E-state index in [0.717, 1.165) is 11.3 Å². The number of rotatable bonds is 6. The van der Waals surface area contributed by atoms with E-state index in [1.807, 2.05) is 67.6 Å². The lowest BCUT2D eigenvalue weighted by Gasteiger charge is -2.18. The van der Waals surface area contributed by atoms with Crippen LogP contribution in [0.15, 0.2) is 54.6 Å². The molecule has 0 radical (unpaired) electrons. The van der Waals surface area contributed by atoms with Gasteiger partial charge in [-0.2, -0.15) is 0 Å². The van der Waals surface area contributed by atoms with Crippen molar-refractivity contribution in [2.24, 2.45) is 0 Å². The van der Waals surface area contributed by atoms with Gasteiger partial charge < -0.3 is 14.4 Å². The third kappa shape index (κ3) is 4.36. The second kappa shape index (κ2) is 8.03. The Morgan fingerprint density at radius 1 is 1.13 bits per heavy atom. The molecular weight excluding hydrogens is 290 g/mol. The number of amides is 1. The lowest BCUT2D eigenvalue weighted by Crippen LogP contribution is -2.31. The van der Waals surface area contributed by atoms with Crippen LogP contribution in [-0.4, -0.2) is 26.7 Å². The number of ether oxygens (including phenoxy) is 2. The maximum absolute atomic E-state index is 12.2. The van der Waals surface area contributed by atoms with Crippen molar-refractivity contribution in [2.45, 2.75) is 6.92 Å². The van der Waals surface area contributed by atoms with E-state index in [4.69, 9.17) is 9.47 Å². The van der Waals surface area contributed by atoms with Gasteiger partial charge in [0.25, 0.3) is 5.91 Å².